The number of alkyl halides is 3. The van der Waals surface area contributed by atoms with Gasteiger partial charge >= 0.3 is 6.18 Å². The summed E-state index contributed by atoms with van der Waals surface area (Å²) in [4.78, 5) is 26.4. The molecular formula is C20H21F3N2O3. The van der Waals surface area contributed by atoms with Crippen LogP contribution in [0.25, 0.3) is 0 Å². The van der Waals surface area contributed by atoms with Gasteiger partial charge in [0.2, 0.25) is 0 Å². The Bertz CT molecular complexity index is 885. The van der Waals surface area contributed by atoms with Gasteiger partial charge in [0, 0.05) is 13.2 Å². The first kappa shape index (κ1) is 20.1. The third-order valence-corrected chi connectivity index (χ3v) is 4.92. The SMILES string of the molecule is Cc1ccc(C(NC(=O)c2ccc(C(F)(F)F)[nH]c2=O)C2CCOCC2)cc1. The molecule has 1 fully saturated rings. The van der Waals surface area contributed by atoms with E-state index in [-0.39, 0.29) is 17.5 Å². The van der Waals surface area contributed by atoms with E-state index >= 15 is 0 Å². The Morgan fingerprint density at radius 1 is 1.14 bits per heavy atom. The number of H-pyrrole nitrogens is 1. The summed E-state index contributed by atoms with van der Waals surface area (Å²) in [6.45, 7) is 3.10. The largest absolute Gasteiger partial charge is 0.431 e. The molecular weight excluding hydrogens is 373 g/mol. The molecule has 1 unspecified atom stereocenters. The lowest BCUT2D eigenvalue weighted by Crippen LogP contribution is -2.38. The van der Waals surface area contributed by atoms with Crippen molar-refractivity contribution >= 4 is 5.91 Å². The average molecular weight is 394 g/mol. The van der Waals surface area contributed by atoms with Crippen LogP contribution in [-0.4, -0.2) is 24.1 Å². The van der Waals surface area contributed by atoms with Gasteiger partial charge in [-0.15, -0.1) is 0 Å². The van der Waals surface area contributed by atoms with Gasteiger partial charge in [0.1, 0.15) is 11.3 Å². The van der Waals surface area contributed by atoms with Gasteiger partial charge in [-0.05, 0) is 43.4 Å². The maximum Gasteiger partial charge on any atom is 0.431 e. The molecule has 2 N–H and O–H groups in total. The lowest BCUT2D eigenvalue weighted by Gasteiger charge is -2.31. The van der Waals surface area contributed by atoms with E-state index in [9.17, 15) is 22.8 Å². The molecule has 2 heterocycles. The van der Waals surface area contributed by atoms with Crippen LogP contribution in [0.15, 0.2) is 41.2 Å². The summed E-state index contributed by atoms with van der Waals surface area (Å²) in [6.07, 6.45) is -3.20. The van der Waals surface area contributed by atoms with Crippen LogP contribution < -0.4 is 10.9 Å². The zero-order valence-electron chi connectivity index (χ0n) is 15.3. The lowest BCUT2D eigenvalue weighted by atomic mass is 9.86. The molecule has 0 saturated carbocycles. The highest BCUT2D eigenvalue weighted by molar-refractivity contribution is 5.94. The van der Waals surface area contributed by atoms with Gasteiger partial charge in [0.05, 0.1) is 6.04 Å². The van der Waals surface area contributed by atoms with E-state index in [0.29, 0.717) is 19.3 Å². The van der Waals surface area contributed by atoms with Gasteiger partial charge in [0.25, 0.3) is 11.5 Å². The highest BCUT2D eigenvalue weighted by Gasteiger charge is 2.33. The molecule has 0 spiro atoms. The van der Waals surface area contributed by atoms with Crippen molar-refractivity contribution in [2.45, 2.75) is 32.0 Å². The van der Waals surface area contributed by atoms with Crippen molar-refractivity contribution in [2.24, 2.45) is 5.92 Å². The quantitative estimate of drug-likeness (QED) is 0.833. The molecule has 1 aliphatic rings. The van der Waals surface area contributed by atoms with Crippen molar-refractivity contribution in [2.75, 3.05) is 13.2 Å². The molecule has 150 valence electrons. The number of hydrogen-bond donors (Lipinski definition) is 2. The van der Waals surface area contributed by atoms with Crippen molar-refractivity contribution in [1.29, 1.82) is 0 Å². The second-order valence-corrected chi connectivity index (χ2v) is 6.92. The number of rotatable bonds is 4. The number of benzene rings is 1. The lowest BCUT2D eigenvalue weighted by molar-refractivity contribution is -0.141. The maximum atomic E-state index is 12.7. The fourth-order valence-electron chi connectivity index (χ4n) is 3.33. The Balaban J connectivity index is 1.87. The molecule has 1 aromatic heterocycles. The van der Waals surface area contributed by atoms with E-state index in [1.807, 2.05) is 31.2 Å². The number of halogens is 3. The molecule has 1 atom stereocenters. The molecule has 1 aromatic carbocycles. The summed E-state index contributed by atoms with van der Waals surface area (Å²) in [5.41, 5.74) is -0.651. The smallest absolute Gasteiger partial charge is 0.381 e. The average Bonchev–Trinajstić information content (AvgIpc) is 2.66. The number of nitrogens with one attached hydrogen (secondary N) is 2. The first-order valence-electron chi connectivity index (χ1n) is 9.01. The molecule has 5 nitrogen and oxygen atoms in total. The standard InChI is InChI=1S/C20H21F3N2O3/c1-12-2-4-13(5-3-12)17(14-8-10-28-11-9-14)25-19(27)15-6-7-16(20(21,22)23)24-18(15)26/h2-7,14,17H,8-11H2,1H3,(H,24,26)(H,25,27). The predicted molar refractivity (Wildman–Crippen MR) is 97.0 cm³/mol. The molecule has 1 saturated heterocycles. The van der Waals surface area contributed by atoms with Crippen LogP contribution in [0.1, 0.15) is 46.1 Å². The Hall–Kier alpha value is -2.61. The fourth-order valence-corrected chi connectivity index (χ4v) is 3.33. The van der Waals surface area contributed by atoms with Crippen molar-refractivity contribution in [3.8, 4) is 0 Å². The third-order valence-electron chi connectivity index (χ3n) is 4.92. The van der Waals surface area contributed by atoms with Crippen molar-refractivity contribution in [1.82, 2.24) is 10.3 Å². The molecule has 8 heteroatoms. The first-order chi connectivity index (χ1) is 13.3. The summed E-state index contributed by atoms with van der Waals surface area (Å²) in [6, 6.07) is 8.93. The third kappa shape index (κ3) is 4.62. The summed E-state index contributed by atoms with van der Waals surface area (Å²) in [5.74, 6) is -0.596. The zero-order valence-corrected chi connectivity index (χ0v) is 15.3. The van der Waals surface area contributed by atoms with Crippen molar-refractivity contribution < 1.29 is 22.7 Å². The van der Waals surface area contributed by atoms with Crippen LogP contribution in [0.5, 0.6) is 0 Å². The van der Waals surface area contributed by atoms with Gasteiger partial charge in [-0.25, -0.2) is 0 Å². The molecule has 1 amide bonds. The fraction of sp³-hybridized carbons (Fsp3) is 0.400. The molecule has 3 rings (SSSR count). The molecule has 28 heavy (non-hydrogen) atoms. The Morgan fingerprint density at radius 2 is 1.79 bits per heavy atom. The van der Waals surface area contributed by atoms with Gasteiger partial charge in [-0.2, -0.15) is 13.2 Å². The summed E-state index contributed by atoms with van der Waals surface area (Å²) in [7, 11) is 0. The summed E-state index contributed by atoms with van der Waals surface area (Å²) < 4.78 is 43.6. The Morgan fingerprint density at radius 3 is 2.36 bits per heavy atom. The highest BCUT2D eigenvalue weighted by Crippen LogP contribution is 2.31. The number of aromatic nitrogens is 1. The van der Waals surface area contributed by atoms with Crippen molar-refractivity contribution in [3.63, 3.8) is 0 Å². The number of aryl methyl sites for hydroxylation is 1. The van der Waals surface area contributed by atoms with Gasteiger partial charge < -0.3 is 15.0 Å². The first-order valence-corrected chi connectivity index (χ1v) is 9.01. The predicted octanol–water partition coefficient (Wildman–Crippen LogP) is 3.60. The van der Waals surface area contributed by atoms with E-state index in [0.717, 1.165) is 30.0 Å². The van der Waals surface area contributed by atoms with Crippen LogP contribution in [0.4, 0.5) is 13.2 Å². The number of hydrogen-bond acceptors (Lipinski definition) is 3. The van der Waals surface area contributed by atoms with Crippen LogP contribution in [0.3, 0.4) is 0 Å². The van der Waals surface area contributed by atoms with E-state index in [1.54, 1.807) is 4.98 Å². The monoisotopic (exact) mass is 394 g/mol. The van der Waals surface area contributed by atoms with Crippen LogP contribution in [0, 0.1) is 12.8 Å². The number of amides is 1. The van der Waals surface area contributed by atoms with E-state index in [4.69, 9.17) is 4.74 Å². The normalized spacial score (nSPS) is 16.6. The number of pyridine rings is 1. The van der Waals surface area contributed by atoms with Crippen LogP contribution in [0.2, 0.25) is 0 Å². The second kappa shape index (κ2) is 8.18. The number of ether oxygens (including phenoxy) is 1. The minimum Gasteiger partial charge on any atom is -0.381 e. The van der Waals surface area contributed by atoms with E-state index in [2.05, 4.69) is 5.32 Å². The summed E-state index contributed by atoms with van der Waals surface area (Å²) in [5, 5.41) is 2.84. The minimum absolute atomic E-state index is 0.105. The van der Waals surface area contributed by atoms with Crippen LogP contribution in [-0.2, 0) is 10.9 Å². The van der Waals surface area contributed by atoms with Gasteiger partial charge in [-0.3, -0.25) is 9.59 Å². The maximum absolute atomic E-state index is 12.7. The molecule has 2 aromatic rings. The topological polar surface area (TPSA) is 71.2 Å². The molecule has 0 bridgehead atoms. The number of carbonyl (C=O) groups excluding carboxylic acids is 1. The van der Waals surface area contributed by atoms with Gasteiger partial charge in [0.15, 0.2) is 0 Å². The molecule has 0 aliphatic carbocycles. The minimum atomic E-state index is -4.68. The number of aromatic amines is 1. The van der Waals surface area contributed by atoms with Crippen LogP contribution >= 0.6 is 0 Å². The van der Waals surface area contributed by atoms with Gasteiger partial charge in [-0.1, -0.05) is 29.8 Å². The van der Waals surface area contributed by atoms with Crippen molar-refractivity contribution in [3.05, 3.63) is 69.1 Å². The second-order valence-electron chi connectivity index (χ2n) is 6.92. The van der Waals surface area contributed by atoms with E-state index in [1.165, 1.54) is 0 Å². The zero-order chi connectivity index (χ0) is 20.3. The molecule has 1 aliphatic heterocycles. The Kier molecular flexibility index (Phi) is 5.88. The van der Waals surface area contributed by atoms with E-state index < -0.39 is 23.3 Å². The highest BCUT2D eigenvalue weighted by atomic mass is 19.4. The Labute approximate surface area is 159 Å². The summed E-state index contributed by atoms with van der Waals surface area (Å²) >= 11 is 0. The molecule has 0 radical (unpaired) electrons. The number of carbonyl (C=O) groups is 1.